The second-order valence-corrected chi connectivity index (χ2v) is 11.8. The molecule has 0 bridgehead atoms. The second kappa shape index (κ2) is 11.9. The van der Waals surface area contributed by atoms with Gasteiger partial charge >= 0.3 is 11.7 Å². The van der Waals surface area contributed by atoms with Crippen molar-refractivity contribution in [2.75, 3.05) is 44.6 Å². The van der Waals surface area contributed by atoms with Gasteiger partial charge in [0.1, 0.15) is 5.82 Å². The number of rotatable bonds is 5. The van der Waals surface area contributed by atoms with Crippen molar-refractivity contribution < 1.29 is 9.59 Å². The summed E-state index contributed by atoms with van der Waals surface area (Å²) in [6, 6.07) is 9.58. The van der Waals surface area contributed by atoms with Crippen LogP contribution in [0.3, 0.4) is 0 Å². The Kier molecular flexibility index (Phi) is 8.89. The Morgan fingerprint density at radius 3 is 2.15 bits per heavy atom. The molecule has 2 aromatic rings. The molecule has 11 nitrogen and oxygen atoms in total. The molecular formula is C28H41ClN8O3. The number of anilines is 1. The number of piperazine rings is 1. The van der Waals surface area contributed by atoms with E-state index < -0.39 is 11.2 Å². The topological polar surface area (TPSA) is 143 Å². The number of benzene rings is 1. The van der Waals surface area contributed by atoms with Gasteiger partial charge in [0.15, 0.2) is 0 Å². The summed E-state index contributed by atoms with van der Waals surface area (Å²) in [6.07, 6.45) is 6.41. The number of hydrogen-bond acceptors (Lipinski definition) is 7. The molecule has 3 amide bonds. The summed E-state index contributed by atoms with van der Waals surface area (Å²) >= 11 is 0. The zero-order valence-electron chi connectivity index (χ0n) is 23.3. The molecule has 1 aliphatic carbocycles. The number of piperidine rings is 1. The van der Waals surface area contributed by atoms with Gasteiger partial charge in [-0.25, -0.2) is 9.59 Å². The molecule has 1 atom stereocenters. The van der Waals surface area contributed by atoms with Crippen LogP contribution in [0.1, 0.15) is 45.1 Å². The highest BCUT2D eigenvalue weighted by Gasteiger charge is 2.46. The van der Waals surface area contributed by atoms with Gasteiger partial charge in [-0.05, 0) is 81.8 Å². The Morgan fingerprint density at radius 1 is 1.00 bits per heavy atom. The Bertz CT molecular complexity index is 1260. The first-order chi connectivity index (χ1) is 18.5. The number of nitrogens with one attached hydrogen (secondary N) is 1. The van der Waals surface area contributed by atoms with E-state index in [1.165, 1.54) is 29.4 Å². The quantitative estimate of drug-likeness (QED) is 0.495. The highest BCUT2D eigenvalue weighted by molar-refractivity contribution is 5.89. The summed E-state index contributed by atoms with van der Waals surface area (Å²) in [5.74, 6) is 0.0490. The average Bonchev–Trinajstić information content (AvgIpc) is 2.92. The summed E-state index contributed by atoms with van der Waals surface area (Å²) in [5.41, 5.74) is 13.1. The van der Waals surface area contributed by atoms with Gasteiger partial charge in [-0.3, -0.25) is 19.6 Å². The van der Waals surface area contributed by atoms with Crippen LogP contribution in [0.15, 0.2) is 41.3 Å². The number of urea groups is 1. The standard InChI is InChI=1S/C28H40N8O3.ClH/c1-27(2,30)24(37)34-15-17-35(18-16-34)25(38)31-23-8-12-36(26(39)32-23)21-5-3-20(4-6-21)19-33-13-10-28(11-14-33)9-7-22(28)29;/h3-6,8,12,22H,7,9-11,13-19,29-30H2,1-2H3,(H,31,32,38,39);1H. The minimum Gasteiger partial charge on any atom is -0.338 e. The Hall–Kier alpha value is -2.99. The van der Waals surface area contributed by atoms with Crippen LogP contribution in [0.5, 0.6) is 0 Å². The largest absolute Gasteiger partial charge is 0.354 e. The summed E-state index contributed by atoms with van der Waals surface area (Å²) < 4.78 is 1.46. The van der Waals surface area contributed by atoms with Gasteiger partial charge in [-0.15, -0.1) is 12.4 Å². The van der Waals surface area contributed by atoms with Crippen LogP contribution in [0, 0.1) is 5.41 Å². The van der Waals surface area contributed by atoms with E-state index in [9.17, 15) is 14.4 Å². The van der Waals surface area contributed by atoms with Crippen molar-refractivity contribution in [3.63, 3.8) is 0 Å². The number of aromatic nitrogens is 2. The molecule has 12 heteroatoms. The van der Waals surface area contributed by atoms with Gasteiger partial charge in [0.05, 0.1) is 11.2 Å². The fourth-order valence-corrected chi connectivity index (χ4v) is 5.89. The predicted molar refractivity (Wildman–Crippen MR) is 157 cm³/mol. The van der Waals surface area contributed by atoms with Crippen molar-refractivity contribution in [2.45, 2.75) is 57.7 Å². The molecule has 3 fully saturated rings. The SMILES string of the molecule is CC(C)(N)C(=O)N1CCN(C(=O)Nc2ccn(-c3ccc(CN4CCC5(CCC5N)CC4)cc3)c(=O)n2)CC1.Cl. The smallest absolute Gasteiger partial charge is 0.338 e. The van der Waals surface area contributed by atoms with Crippen molar-refractivity contribution in [1.82, 2.24) is 24.3 Å². The van der Waals surface area contributed by atoms with Gasteiger partial charge in [0, 0.05) is 45.0 Å². The average molecular weight is 573 g/mol. The highest BCUT2D eigenvalue weighted by Crippen LogP contribution is 2.48. The van der Waals surface area contributed by atoms with Gasteiger partial charge in [-0.1, -0.05) is 12.1 Å². The highest BCUT2D eigenvalue weighted by atomic mass is 35.5. The van der Waals surface area contributed by atoms with E-state index in [-0.39, 0.29) is 30.2 Å². The molecule has 5 rings (SSSR count). The molecule has 218 valence electrons. The van der Waals surface area contributed by atoms with Crippen LogP contribution in [0.4, 0.5) is 10.6 Å². The zero-order valence-corrected chi connectivity index (χ0v) is 24.2. The first kappa shape index (κ1) is 30.0. The van der Waals surface area contributed by atoms with Crippen LogP contribution in [-0.4, -0.2) is 87.0 Å². The molecule has 1 unspecified atom stereocenters. The van der Waals surface area contributed by atoms with Gasteiger partial charge in [-0.2, -0.15) is 4.98 Å². The monoisotopic (exact) mass is 572 g/mol. The van der Waals surface area contributed by atoms with Crippen molar-refractivity contribution >= 4 is 30.2 Å². The summed E-state index contributed by atoms with van der Waals surface area (Å²) in [7, 11) is 0. The second-order valence-electron chi connectivity index (χ2n) is 11.8. The predicted octanol–water partition coefficient (Wildman–Crippen LogP) is 1.77. The lowest BCUT2D eigenvalue weighted by Crippen LogP contribution is -2.58. The number of halogens is 1. The number of carbonyl (C=O) groups excluding carboxylic acids is 2. The lowest BCUT2D eigenvalue weighted by Gasteiger charge is -2.52. The number of nitrogens with zero attached hydrogens (tertiary/aromatic N) is 5. The van der Waals surface area contributed by atoms with Crippen molar-refractivity contribution in [3.05, 3.63) is 52.6 Å². The van der Waals surface area contributed by atoms with Crippen LogP contribution >= 0.6 is 12.4 Å². The molecule has 1 aromatic heterocycles. The van der Waals surface area contributed by atoms with Crippen LogP contribution in [0.2, 0.25) is 0 Å². The summed E-state index contributed by atoms with van der Waals surface area (Å²) in [4.78, 5) is 47.6. The summed E-state index contributed by atoms with van der Waals surface area (Å²) in [6.45, 7) is 7.95. The molecular weight excluding hydrogens is 532 g/mol. The molecule has 40 heavy (non-hydrogen) atoms. The first-order valence-electron chi connectivity index (χ1n) is 13.9. The van der Waals surface area contributed by atoms with E-state index in [1.54, 1.807) is 35.9 Å². The minimum absolute atomic E-state index is 0. The first-order valence-corrected chi connectivity index (χ1v) is 13.9. The zero-order chi connectivity index (χ0) is 27.8. The molecule has 0 radical (unpaired) electrons. The number of hydrogen-bond donors (Lipinski definition) is 3. The molecule has 3 aliphatic rings. The molecule has 2 aliphatic heterocycles. The van der Waals surface area contributed by atoms with Gasteiger partial charge in [0.2, 0.25) is 5.91 Å². The Labute approximate surface area is 241 Å². The van der Waals surface area contributed by atoms with E-state index in [2.05, 4.69) is 15.2 Å². The van der Waals surface area contributed by atoms with Gasteiger partial charge in [0.25, 0.3) is 0 Å². The number of nitrogens with two attached hydrogens (primary N) is 2. The van der Waals surface area contributed by atoms with E-state index >= 15 is 0 Å². The summed E-state index contributed by atoms with van der Waals surface area (Å²) in [5, 5.41) is 2.70. The normalized spacial score (nSPS) is 20.9. The Balaban J connectivity index is 0.00000370. The number of carbonyl (C=O) groups is 2. The van der Waals surface area contributed by atoms with Crippen LogP contribution < -0.4 is 22.5 Å². The molecule has 2 saturated heterocycles. The van der Waals surface area contributed by atoms with Crippen molar-refractivity contribution in [1.29, 1.82) is 0 Å². The van der Waals surface area contributed by atoms with E-state index in [0.717, 1.165) is 31.7 Å². The lowest BCUT2D eigenvalue weighted by molar-refractivity contribution is -0.137. The van der Waals surface area contributed by atoms with Crippen LogP contribution in [-0.2, 0) is 11.3 Å². The van der Waals surface area contributed by atoms with Crippen molar-refractivity contribution in [2.24, 2.45) is 16.9 Å². The lowest BCUT2D eigenvalue weighted by atomic mass is 9.60. The van der Waals surface area contributed by atoms with E-state index in [4.69, 9.17) is 11.5 Å². The third kappa shape index (κ3) is 6.33. The molecule has 1 saturated carbocycles. The van der Waals surface area contributed by atoms with Crippen molar-refractivity contribution in [3.8, 4) is 5.69 Å². The van der Waals surface area contributed by atoms with Crippen LogP contribution in [0.25, 0.3) is 5.69 Å². The Morgan fingerprint density at radius 2 is 1.62 bits per heavy atom. The maximum absolute atomic E-state index is 12.7. The maximum Gasteiger partial charge on any atom is 0.354 e. The van der Waals surface area contributed by atoms with E-state index in [1.807, 2.05) is 24.3 Å². The molecule has 1 spiro atoms. The number of amides is 3. The fraction of sp³-hybridized carbons (Fsp3) is 0.571. The third-order valence-corrected chi connectivity index (χ3v) is 8.66. The maximum atomic E-state index is 12.7. The molecule has 3 heterocycles. The molecule has 1 aromatic carbocycles. The minimum atomic E-state index is -0.944. The van der Waals surface area contributed by atoms with E-state index in [0.29, 0.717) is 37.6 Å². The third-order valence-electron chi connectivity index (χ3n) is 8.66. The molecule has 5 N–H and O–H groups in total. The fourth-order valence-electron chi connectivity index (χ4n) is 5.89. The van der Waals surface area contributed by atoms with Gasteiger partial charge < -0.3 is 21.3 Å². The number of likely N-dealkylation sites (tertiary alicyclic amines) is 1.